The number of hydrogen-bond acceptors (Lipinski definition) is 3. The summed E-state index contributed by atoms with van der Waals surface area (Å²) in [7, 11) is -1.81. The first-order valence-electron chi connectivity index (χ1n) is 4.42. The van der Waals surface area contributed by atoms with Crippen LogP contribution in [0.25, 0.3) is 0 Å². The van der Waals surface area contributed by atoms with E-state index in [1.807, 2.05) is 13.3 Å². The van der Waals surface area contributed by atoms with Gasteiger partial charge in [-0.05, 0) is 13.3 Å². The van der Waals surface area contributed by atoms with Crippen molar-refractivity contribution in [2.45, 2.75) is 0 Å². The molecule has 4 heteroatoms. The van der Waals surface area contributed by atoms with Crippen LogP contribution in [0.15, 0.2) is 0 Å². The number of rotatable bonds is 3. The Morgan fingerprint density at radius 3 is 2.42 bits per heavy atom. The molecular weight excluding hydrogens is 173 g/mol. The van der Waals surface area contributed by atoms with E-state index < -0.39 is 7.14 Å². The van der Waals surface area contributed by atoms with Crippen molar-refractivity contribution < 1.29 is 9.30 Å². The van der Waals surface area contributed by atoms with Gasteiger partial charge in [0.15, 0.2) is 0 Å². The van der Waals surface area contributed by atoms with Crippen LogP contribution < -0.4 is 0 Å². The zero-order valence-electron chi connectivity index (χ0n) is 7.95. The number of nitrogens with zero attached hydrogens (tertiary/aromatic N) is 1. The molecule has 0 bridgehead atoms. The van der Waals surface area contributed by atoms with Crippen molar-refractivity contribution in [3.8, 4) is 0 Å². The molecule has 72 valence electrons. The van der Waals surface area contributed by atoms with E-state index in [4.69, 9.17) is 4.74 Å². The maximum Gasteiger partial charge on any atom is 0.0831 e. The molecule has 1 aliphatic rings. The summed E-state index contributed by atoms with van der Waals surface area (Å²) in [6, 6.07) is 0. The van der Waals surface area contributed by atoms with Crippen LogP contribution in [-0.2, 0) is 9.30 Å². The van der Waals surface area contributed by atoms with Gasteiger partial charge in [0.1, 0.15) is 0 Å². The largest absolute Gasteiger partial charge is 0.379 e. The second kappa shape index (κ2) is 4.40. The third-order valence-corrected chi connectivity index (χ3v) is 3.34. The number of ether oxygens (including phenoxy) is 1. The van der Waals surface area contributed by atoms with E-state index in [1.165, 1.54) is 0 Å². The predicted molar refractivity (Wildman–Crippen MR) is 51.6 cm³/mol. The molecule has 12 heavy (non-hydrogen) atoms. The SMILES string of the molecule is CP(C)(=O)CCN1CCOCC1. The van der Waals surface area contributed by atoms with Crippen molar-refractivity contribution in [2.75, 3.05) is 52.3 Å². The fourth-order valence-corrected chi connectivity index (χ4v) is 1.97. The molecule has 0 aromatic heterocycles. The van der Waals surface area contributed by atoms with E-state index in [2.05, 4.69) is 4.90 Å². The summed E-state index contributed by atoms with van der Waals surface area (Å²) >= 11 is 0. The highest BCUT2D eigenvalue weighted by atomic mass is 31.2. The van der Waals surface area contributed by atoms with Gasteiger partial charge in [-0.1, -0.05) is 0 Å². The van der Waals surface area contributed by atoms with E-state index in [1.54, 1.807) is 0 Å². The lowest BCUT2D eigenvalue weighted by Crippen LogP contribution is -2.37. The summed E-state index contributed by atoms with van der Waals surface area (Å²) in [5, 5.41) is 0. The van der Waals surface area contributed by atoms with Crippen LogP contribution >= 0.6 is 7.14 Å². The van der Waals surface area contributed by atoms with E-state index >= 15 is 0 Å². The molecule has 1 heterocycles. The standard InChI is InChI=1S/C8H18NO2P/c1-12(2,10)8-5-9-3-6-11-7-4-9/h3-8H2,1-2H3. The lowest BCUT2D eigenvalue weighted by Gasteiger charge is -2.26. The molecule has 0 spiro atoms. The molecule has 0 aliphatic carbocycles. The van der Waals surface area contributed by atoms with Gasteiger partial charge in [0, 0.05) is 25.8 Å². The van der Waals surface area contributed by atoms with Crippen LogP contribution in [0.1, 0.15) is 0 Å². The van der Waals surface area contributed by atoms with Gasteiger partial charge in [-0.25, -0.2) is 0 Å². The monoisotopic (exact) mass is 191 g/mol. The van der Waals surface area contributed by atoms with Crippen LogP contribution in [0.3, 0.4) is 0 Å². The first kappa shape index (κ1) is 10.2. The molecule has 0 aromatic carbocycles. The average Bonchev–Trinajstić information content (AvgIpc) is 2.02. The van der Waals surface area contributed by atoms with Gasteiger partial charge in [0.05, 0.1) is 20.4 Å². The van der Waals surface area contributed by atoms with Gasteiger partial charge in [0.2, 0.25) is 0 Å². The summed E-state index contributed by atoms with van der Waals surface area (Å²) in [6.45, 7) is 8.34. The zero-order valence-corrected chi connectivity index (χ0v) is 8.85. The van der Waals surface area contributed by atoms with Gasteiger partial charge < -0.3 is 9.30 Å². The zero-order chi connectivity index (χ0) is 9.03. The molecule has 0 atom stereocenters. The minimum absolute atomic E-state index is 0.831. The molecule has 3 nitrogen and oxygen atoms in total. The topological polar surface area (TPSA) is 29.5 Å². The molecule has 0 aromatic rings. The van der Waals surface area contributed by atoms with Crippen molar-refractivity contribution >= 4 is 7.14 Å². The van der Waals surface area contributed by atoms with Crippen molar-refractivity contribution in [1.29, 1.82) is 0 Å². The molecular formula is C8H18NO2P. The van der Waals surface area contributed by atoms with Crippen molar-refractivity contribution in [2.24, 2.45) is 0 Å². The van der Waals surface area contributed by atoms with E-state index in [0.717, 1.165) is 39.0 Å². The lowest BCUT2D eigenvalue weighted by atomic mass is 10.4. The van der Waals surface area contributed by atoms with Gasteiger partial charge in [-0.2, -0.15) is 0 Å². The Morgan fingerprint density at radius 2 is 1.92 bits per heavy atom. The maximum atomic E-state index is 11.4. The van der Waals surface area contributed by atoms with Gasteiger partial charge >= 0.3 is 0 Å². The van der Waals surface area contributed by atoms with Crippen molar-refractivity contribution in [3.05, 3.63) is 0 Å². The van der Waals surface area contributed by atoms with E-state index in [0.29, 0.717) is 0 Å². The molecule has 1 rings (SSSR count). The normalized spacial score (nSPS) is 21.2. The molecule has 0 radical (unpaired) electrons. The predicted octanol–water partition coefficient (Wildman–Crippen LogP) is 0.941. The van der Waals surface area contributed by atoms with E-state index in [9.17, 15) is 4.57 Å². The van der Waals surface area contributed by atoms with Crippen LogP contribution in [0.4, 0.5) is 0 Å². The molecule has 1 fully saturated rings. The molecule has 0 saturated carbocycles. The summed E-state index contributed by atoms with van der Waals surface area (Å²) in [5.41, 5.74) is 0. The van der Waals surface area contributed by atoms with Crippen LogP contribution in [0.2, 0.25) is 0 Å². The fraction of sp³-hybridized carbons (Fsp3) is 1.00. The number of hydrogen-bond donors (Lipinski definition) is 0. The van der Waals surface area contributed by atoms with Gasteiger partial charge in [-0.15, -0.1) is 0 Å². The molecule has 0 unspecified atom stereocenters. The summed E-state index contributed by atoms with van der Waals surface area (Å²) < 4.78 is 16.6. The quantitative estimate of drug-likeness (QED) is 0.622. The van der Waals surface area contributed by atoms with Crippen LogP contribution in [0.5, 0.6) is 0 Å². The Hall–Kier alpha value is 0.150. The fourth-order valence-electron chi connectivity index (χ4n) is 1.21. The molecule has 1 aliphatic heterocycles. The lowest BCUT2D eigenvalue weighted by molar-refractivity contribution is 0.0408. The number of morpholine rings is 1. The Bertz CT molecular complexity index is 172. The van der Waals surface area contributed by atoms with Gasteiger partial charge in [0.25, 0.3) is 0 Å². The molecule has 1 saturated heterocycles. The molecule has 0 amide bonds. The second-order valence-electron chi connectivity index (χ2n) is 3.75. The first-order chi connectivity index (χ1) is 5.58. The minimum atomic E-state index is -1.81. The summed E-state index contributed by atoms with van der Waals surface area (Å²) in [6.07, 6.45) is 0.840. The van der Waals surface area contributed by atoms with Crippen molar-refractivity contribution in [3.63, 3.8) is 0 Å². The Kier molecular flexibility index (Phi) is 3.76. The Balaban J connectivity index is 2.17. The Labute approximate surface area is 74.5 Å². The molecule has 0 N–H and O–H groups in total. The Morgan fingerprint density at radius 1 is 1.33 bits per heavy atom. The smallest absolute Gasteiger partial charge is 0.0831 e. The highest BCUT2D eigenvalue weighted by molar-refractivity contribution is 7.62. The highest BCUT2D eigenvalue weighted by Crippen LogP contribution is 2.35. The van der Waals surface area contributed by atoms with Crippen molar-refractivity contribution in [1.82, 2.24) is 4.90 Å². The average molecular weight is 191 g/mol. The minimum Gasteiger partial charge on any atom is -0.379 e. The van der Waals surface area contributed by atoms with E-state index in [-0.39, 0.29) is 0 Å². The first-order valence-corrected chi connectivity index (χ1v) is 7.21. The third-order valence-electron chi connectivity index (χ3n) is 2.06. The summed E-state index contributed by atoms with van der Waals surface area (Å²) in [4.78, 5) is 2.32. The summed E-state index contributed by atoms with van der Waals surface area (Å²) in [5.74, 6) is 0. The third kappa shape index (κ3) is 4.24. The van der Waals surface area contributed by atoms with Crippen LogP contribution in [-0.4, -0.2) is 57.2 Å². The highest BCUT2D eigenvalue weighted by Gasteiger charge is 2.13. The van der Waals surface area contributed by atoms with Gasteiger partial charge in [-0.3, -0.25) is 4.90 Å². The second-order valence-corrected chi connectivity index (χ2v) is 7.35. The maximum absolute atomic E-state index is 11.4. The van der Waals surface area contributed by atoms with Crippen LogP contribution in [0, 0.1) is 0 Å².